The van der Waals surface area contributed by atoms with E-state index in [0.29, 0.717) is 6.42 Å². The fraction of sp³-hybridized carbons (Fsp3) is 0.900. The number of ether oxygens (including phenoxy) is 1. The minimum atomic E-state index is -0.788. The molecule has 15 heavy (non-hydrogen) atoms. The number of nitrogens with zero attached hydrogens (tertiary/aromatic N) is 1. The summed E-state index contributed by atoms with van der Waals surface area (Å²) in [7, 11) is 0. The highest BCUT2D eigenvalue weighted by Gasteiger charge is 2.28. The van der Waals surface area contributed by atoms with Gasteiger partial charge in [-0.2, -0.15) is 0 Å². The Balaban J connectivity index is 2.17. The van der Waals surface area contributed by atoms with Crippen LogP contribution in [0.3, 0.4) is 0 Å². The van der Waals surface area contributed by atoms with E-state index in [2.05, 4.69) is 20.8 Å². The number of hydrogen-bond acceptors (Lipinski definition) is 3. The van der Waals surface area contributed by atoms with E-state index < -0.39 is 10.3 Å². The quantitative estimate of drug-likeness (QED) is 0.772. The Morgan fingerprint density at radius 3 is 2.67 bits per heavy atom. The fourth-order valence-electron chi connectivity index (χ4n) is 1.57. The predicted octanol–water partition coefficient (Wildman–Crippen LogP) is 1.34. The molecule has 1 atom stereocenters. The molecule has 1 unspecified atom stereocenters. The Bertz CT molecular complexity index is 215. The molecule has 1 N–H and O–H groups in total. The summed E-state index contributed by atoms with van der Waals surface area (Å²) in [5.74, 6) is -0.788. The van der Waals surface area contributed by atoms with Crippen LogP contribution in [0.4, 0.5) is 0 Å². The number of hydrogen-bond donors (Lipinski definition) is 1. The standard InChI is InChI=1S/C10H18BrNO3/c1-10(11,9(13)14)3-2-4-12-5-7-15-8-6-12/h2-8H2,1H3,(H,13,14). The first kappa shape index (κ1) is 12.9. The SMILES string of the molecule is CC(Br)(CCCN1CCOCC1)C(=O)O. The highest BCUT2D eigenvalue weighted by Crippen LogP contribution is 2.23. The van der Waals surface area contributed by atoms with Crippen molar-refractivity contribution in [1.82, 2.24) is 4.90 Å². The van der Waals surface area contributed by atoms with Crippen LogP contribution >= 0.6 is 15.9 Å². The number of carboxylic acid groups (broad SMARTS) is 1. The molecule has 4 nitrogen and oxygen atoms in total. The summed E-state index contributed by atoms with van der Waals surface area (Å²) in [6.07, 6.45) is 1.55. The molecule has 0 aliphatic carbocycles. The Morgan fingerprint density at radius 1 is 1.53 bits per heavy atom. The molecule has 1 fully saturated rings. The first-order valence-corrected chi connectivity index (χ1v) is 6.04. The van der Waals surface area contributed by atoms with Gasteiger partial charge in [0.25, 0.3) is 0 Å². The lowest BCUT2D eigenvalue weighted by atomic mass is 10.1. The van der Waals surface area contributed by atoms with Crippen LogP contribution in [-0.2, 0) is 9.53 Å². The number of carbonyl (C=O) groups is 1. The van der Waals surface area contributed by atoms with Gasteiger partial charge in [0, 0.05) is 13.1 Å². The lowest BCUT2D eigenvalue weighted by molar-refractivity contribution is -0.139. The van der Waals surface area contributed by atoms with E-state index >= 15 is 0 Å². The van der Waals surface area contributed by atoms with Crippen molar-refractivity contribution < 1.29 is 14.6 Å². The Labute approximate surface area is 98.7 Å². The minimum absolute atomic E-state index is 0.652. The van der Waals surface area contributed by atoms with Gasteiger partial charge in [-0.05, 0) is 26.3 Å². The second kappa shape index (κ2) is 5.82. The second-order valence-corrected chi connectivity index (χ2v) is 5.81. The third-order valence-electron chi connectivity index (χ3n) is 2.67. The van der Waals surface area contributed by atoms with Gasteiger partial charge in [0.15, 0.2) is 0 Å². The molecule has 88 valence electrons. The number of alkyl halides is 1. The average molecular weight is 280 g/mol. The molecule has 0 spiro atoms. The number of aliphatic carboxylic acids is 1. The van der Waals surface area contributed by atoms with Gasteiger partial charge < -0.3 is 9.84 Å². The first-order valence-electron chi connectivity index (χ1n) is 5.25. The van der Waals surface area contributed by atoms with Crippen molar-refractivity contribution in [2.75, 3.05) is 32.8 Å². The van der Waals surface area contributed by atoms with E-state index in [-0.39, 0.29) is 0 Å². The normalized spacial score (nSPS) is 22.3. The largest absolute Gasteiger partial charge is 0.480 e. The van der Waals surface area contributed by atoms with E-state index in [1.165, 1.54) is 0 Å². The molecule has 1 aliphatic rings. The molecule has 1 aliphatic heterocycles. The lowest BCUT2D eigenvalue weighted by Crippen LogP contribution is -2.37. The molecular formula is C10H18BrNO3. The van der Waals surface area contributed by atoms with Crippen molar-refractivity contribution in [3.05, 3.63) is 0 Å². The molecule has 1 heterocycles. The van der Waals surface area contributed by atoms with E-state index in [1.807, 2.05) is 0 Å². The molecule has 0 aromatic rings. The molecule has 0 bridgehead atoms. The van der Waals surface area contributed by atoms with Gasteiger partial charge in [0.2, 0.25) is 0 Å². The van der Waals surface area contributed by atoms with Crippen LogP contribution in [0.1, 0.15) is 19.8 Å². The number of rotatable bonds is 5. The monoisotopic (exact) mass is 279 g/mol. The van der Waals surface area contributed by atoms with Crippen LogP contribution in [0.15, 0.2) is 0 Å². The summed E-state index contributed by atoms with van der Waals surface area (Å²) in [4.78, 5) is 13.1. The van der Waals surface area contributed by atoms with Gasteiger partial charge in [0.05, 0.1) is 13.2 Å². The molecule has 0 aromatic carbocycles. The second-order valence-electron chi connectivity index (χ2n) is 4.06. The highest BCUT2D eigenvalue weighted by atomic mass is 79.9. The minimum Gasteiger partial charge on any atom is -0.480 e. The fourth-order valence-corrected chi connectivity index (χ4v) is 1.85. The van der Waals surface area contributed by atoms with Crippen molar-refractivity contribution in [2.45, 2.75) is 24.1 Å². The first-order chi connectivity index (χ1) is 7.02. The van der Waals surface area contributed by atoms with E-state index in [1.54, 1.807) is 6.92 Å². The molecule has 1 rings (SSSR count). The molecule has 1 saturated heterocycles. The van der Waals surface area contributed by atoms with Crippen LogP contribution in [0.5, 0.6) is 0 Å². The summed E-state index contributed by atoms with van der Waals surface area (Å²) in [6, 6.07) is 0. The van der Waals surface area contributed by atoms with Gasteiger partial charge in [-0.3, -0.25) is 9.69 Å². The predicted molar refractivity (Wildman–Crippen MR) is 61.5 cm³/mol. The van der Waals surface area contributed by atoms with Gasteiger partial charge in [-0.25, -0.2) is 0 Å². The summed E-state index contributed by atoms with van der Waals surface area (Å²) in [6.45, 7) is 6.18. The summed E-state index contributed by atoms with van der Waals surface area (Å²) in [5.41, 5.74) is 0. The maximum atomic E-state index is 10.8. The lowest BCUT2D eigenvalue weighted by Gasteiger charge is -2.27. The van der Waals surface area contributed by atoms with Crippen molar-refractivity contribution in [2.24, 2.45) is 0 Å². The maximum absolute atomic E-state index is 10.8. The van der Waals surface area contributed by atoms with Crippen molar-refractivity contribution in [1.29, 1.82) is 0 Å². The van der Waals surface area contributed by atoms with Crippen LogP contribution < -0.4 is 0 Å². The molecular weight excluding hydrogens is 262 g/mol. The Morgan fingerprint density at radius 2 is 2.13 bits per heavy atom. The summed E-state index contributed by atoms with van der Waals surface area (Å²) in [5, 5.41) is 8.90. The zero-order chi connectivity index (χ0) is 11.3. The van der Waals surface area contributed by atoms with Crippen molar-refractivity contribution in [3.63, 3.8) is 0 Å². The summed E-state index contributed by atoms with van der Waals surface area (Å²) < 4.78 is 4.46. The number of halogens is 1. The van der Waals surface area contributed by atoms with Crippen LogP contribution in [-0.4, -0.2) is 53.1 Å². The van der Waals surface area contributed by atoms with Crippen molar-refractivity contribution in [3.8, 4) is 0 Å². The zero-order valence-corrected chi connectivity index (χ0v) is 10.6. The van der Waals surface area contributed by atoms with Crippen LogP contribution in [0.2, 0.25) is 0 Å². The topological polar surface area (TPSA) is 49.8 Å². The molecule has 0 amide bonds. The van der Waals surface area contributed by atoms with Gasteiger partial charge in [0.1, 0.15) is 4.32 Å². The maximum Gasteiger partial charge on any atom is 0.320 e. The van der Waals surface area contributed by atoms with E-state index in [9.17, 15) is 4.79 Å². The van der Waals surface area contributed by atoms with E-state index in [0.717, 1.165) is 39.3 Å². The van der Waals surface area contributed by atoms with Crippen molar-refractivity contribution >= 4 is 21.9 Å². The van der Waals surface area contributed by atoms with Gasteiger partial charge >= 0.3 is 5.97 Å². The number of morpholine rings is 1. The van der Waals surface area contributed by atoms with Gasteiger partial charge in [-0.1, -0.05) is 15.9 Å². The Kier molecular flexibility index (Phi) is 5.02. The average Bonchev–Trinajstić information content (AvgIpc) is 2.19. The van der Waals surface area contributed by atoms with Crippen LogP contribution in [0, 0.1) is 0 Å². The molecule has 5 heteroatoms. The van der Waals surface area contributed by atoms with Gasteiger partial charge in [-0.15, -0.1) is 0 Å². The third kappa shape index (κ3) is 4.49. The number of carboxylic acids is 1. The highest BCUT2D eigenvalue weighted by molar-refractivity contribution is 9.10. The molecule has 0 radical (unpaired) electrons. The summed E-state index contributed by atoms with van der Waals surface area (Å²) >= 11 is 3.23. The smallest absolute Gasteiger partial charge is 0.320 e. The Hall–Kier alpha value is -0.130. The molecule has 0 aromatic heterocycles. The van der Waals surface area contributed by atoms with E-state index in [4.69, 9.17) is 9.84 Å². The zero-order valence-electron chi connectivity index (χ0n) is 9.04. The molecule has 0 saturated carbocycles. The third-order valence-corrected chi connectivity index (χ3v) is 3.41. The van der Waals surface area contributed by atoms with Crippen LogP contribution in [0.25, 0.3) is 0 Å².